The van der Waals surface area contributed by atoms with E-state index in [1.807, 2.05) is 13.8 Å². The summed E-state index contributed by atoms with van der Waals surface area (Å²) in [6.45, 7) is 12.1. The number of carbonyl (C=O) groups is 4. The molecule has 162 valence electrons. The first kappa shape index (κ1) is 25.8. The van der Waals surface area contributed by atoms with Gasteiger partial charge in [0.2, 0.25) is 17.7 Å². The fourth-order valence-electron chi connectivity index (χ4n) is 2.52. The smallest absolute Gasteiger partial charge is 0.326 e. The van der Waals surface area contributed by atoms with Crippen molar-refractivity contribution in [2.75, 3.05) is 0 Å². The van der Waals surface area contributed by atoms with Crippen LogP contribution in [0.3, 0.4) is 0 Å². The van der Waals surface area contributed by atoms with Crippen LogP contribution in [0.2, 0.25) is 0 Å². The molecule has 0 fully saturated rings. The van der Waals surface area contributed by atoms with Gasteiger partial charge in [0.05, 0.1) is 6.04 Å². The van der Waals surface area contributed by atoms with Crippen LogP contribution in [-0.4, -0.2) is 53.0 Å². The zero-order chi connectivity index (χ0) is 22.2. The summed E-state index contributed by atoms with van der Waals surface area (Å²) in [7, 11) is 0. The highest BCUT2D eigenvalue weighted by molar-refractivity contribution is 5.94. The molecular weight excluding hydrogens is 364 g/mol. The average Bonchev–Trinajstić information content (AvgIpc) is 2.59. The van der Waals surface area contributed by atoms with Crippen LogP contribution >= 0.6 is 0 Å². The monoisotopic (exact) mass is 400 g/mol. The Kier molecular flexibility index (Phi) is 10.7. The molecule has 5 atom stereocenters. The lowest BCUT2D eigenvalue weighted by molar-refractivity contribution is -0.144. The number of carboxylic acids is 1. The Labute approximate surface area is 167 Å². The van der Waals surface area contributed by atoms with E-state index in [0.29, 0.717) is 6.42 Å². The minimum Gasteiger partial charge on any atom is -0.480 e. The minimum absolute atomic E-state index is 0.180. The Bertz CT molecular complexity index is 563. The van der Waals surface area contributed by atoms with Gasteiger partial charge < -0.3 is 26.8 Å². The van der Waals surface area contributed by atoms with Gasteiger partial charge in [-0.15, -0.1) is 0 Å². The van der Waals surface area contributed by atoms with E-state index in [1.165, 1.54) is 6.92 Å². The first-order valence-corrected chi connectivity index (χ1v) is 9.72. The molecule has 0 rings (SSSR count). The molecule has 0 saturated carbocycles. The molecule has 0 aliphatic rings. The van der Waals surface area contributed by atoms with Crippen molar-refractivity contribution in [1.82, 2.24) is 16.0 Å². The summed E-state index contributed by atoms with van der Waals surface area (Å²) in [5, 5.41) is 17.0. The van der Waals surface area contributed by atoms with Crippen LogP contribution < -0.4 is 21.7 Å². The third-order valence-corrected chi connectivity index (χ3v) is 4.68. The number of nitrogens with one attached hydrogen (secondary N) is 3. The molecule has 28 heavy (non-hydrogen) atoms. The Hall–Kier alpha value is -2.16. The molecule has 3 amide bonds. The Morgan fingerprint density at radius 3 is 1.50 bits per heavy atom. The maximum absolute atomic E-state index is 12.8. The summed E-state index contributed by atoms with van der Waals surface area (Å²) in [5.74, 6) is -3.47. The SMILES string of the molecule is CCC(C)C(NC(=O)C(C)N)C(=O)NC(C(=O)NC(C(=O)O)C(C)C)C(C)C. The maximum atomic E-state index is 12.8. The van der Waals surface area contributed by atoms with Crippen LogP contribution in [0, 0.1) is 17.8 Å². The molecule has 5 unspecified atom stereocenters. The standard InChI is InChI=1S/C19H36N4O5/c1-8-11(6)15(23-16(24)12(7)20)18(26)21-13(9(2)3)17(25)22-14(10(4)5)19(27)28/h9-15H,8,20H2,1-7H3,(H,21,26)(H,22,25)(H,23,24)(H,27,28). The van der Waals surface area contributed by atoms with Gasteiger partial charge in [0, 0.05) is 0 Å². The van der Waals surface area contributed by atoms with E-state index < -0.39 is 47.9 Å². The molecule has 0 spiro atoms. The highest BCUT2D eigenvalue weighted by Crippen LogP contribution is 2.11. The Balaban J connectivity index is 5.41. The number of rotatable bonds is 11. The third kappa shape index (κ3) is 7.84. The molecular formula is C19H36N4O5. The van der Waals surface area contributed by atoms with Gasteiger partial charge in [-0.05, 0) is 24.7 Å². The zero-order valence-electron chi connectivity index (χ0n) is 17.9. The first-order chi connectivity index (χ1) is 12.8. The normalized spacial score (nSPS) is 16.6. The second kappa shape index (κ2) is 11.6. The van der Waals surface area contributed by atoms with Crippen LogP contribution in [0.25, 0.3) is 0 Å². The summed E-state index contributed by atoms with van der Waals surface area (Å²) in [4.78, 5) is 48.8. The lowest BCUT2D eigenvalue weighted by Gasteiger charge is -2.29. The van der Waals surface area contributed by atoms with E-state index in [4.69, 9.17) is 5.73 Å². The number of hydrogen-bond acceptors (Lipinski definition) is 5. The van der Waals surface area contributed by atoms with Crippen LogP contribution in [0.15, 0.2) is 0 Å². The van der Waals surface area contributed by atoms with Gasteiger partial charge in [-0.25, -0.2) is 4.79 Å². The van der Waals surface area contributed by atoms with Crippen LogP contribution in [0.1, 0.15) is 54.9 Å². The fourth-order valence-corrected chi connectivity index (χ4v) is 2.52. The molecule has 6 N–H and O–H groups in total. The van der Waals surface area contributed by atoms with Gasteiger partial charge >= 0.3 is 5.97 Å². The van der Waals surface area contributed by atoms with Crippen molar-refractivity contribution in [1.29, 1.82) is 0 Å². The summed E-state index contributed by atoms with van der Waals surface area (Å²) in [6.07, 6.45) is 0.629. The third-order valence-electron chi connectivity index (χ3n) is 4.68. The summed E-state index contributed by atoms with van der Waals surface area (Å²) < 4.78 is 0. The molecule has 0 aromatic heterocycles. The van der Waals surface area contributed by atoms with E-state index >= 15 is 0 Å². The predicted molar refractivity (Wildman–Crippen MR) is 106 cm³/mol. The van der Waals surface area contributed by atoms with Crippen molar-refractivity contribution in [2.45, 2.75) is 79.1 Å². The molecule has 9 heteroatoms. The van der Waals surface area contributed by atoms with Crippen LogP contribution in [0.4, 0.5) is 0 Å². The maximum Gasteiger partial charge on any atom is 0.326 e. The Morgan fingerprint density at radius 1 is 0.750 bits per heavy atom. The van der Waals surface area contributed by atoms with E-state index in [9.17, 15) is 24.3 Å². The van der Waals surface area contributed by atoms with E-state index in [1.54, 1.807) is 27.7 Å². The van der Waals surface area contributed by atoms with Gasteiger partial charge in [0.1, 0.15) is 18.1 Å². The highest BCUT2D eigenvalue weighted by Gasteiger charge is 2.33. The number of carboxylic acid groups (broad SMARTS) is 1. The molecule has 0 aromatic carbocycles. The molecule has 0 saturated heterocycles. The Morgan fingerprint density at radius 2 is 1.14 bits per heavy atom. The summed E-state index contributed by atoms with van der Waals surface area (Å²) in [6, 6.07) is -3.62. The molecule has 0 heterocycles. The first-order valence-electron chi connectivity index (χ1n) is 9.72. The molecule has 0 aromatic rings. The number of aliphatic carboxylic acids is 1. The topological polar surface area (TPSA) is 151 Å². The second-order valence-corrected chi connectivity index (χ2v) is 7.96. The summed E-state index contributed by atoms with van der Waals surface area (Å²) in [5.41, 5.74) is 5.57. The van der Waals surface area contributed by atoms with Gasteiger partial charge in [-0.3, -0.25) is 14.4 Å². The minimum atomic E-state index is -1.14. The highest BCUT2D eigenvalue weighted by atomic mass is 16.4. The lowest BCUT2D eigenvalue weighted by atomic mass is 9.96. The summed E-state index contributed by atoms with van der Waals surface area (Å²) >= 11 is 0. The molecule has 0 aliphatic heterocycles. The molecule has 0 radical (unpaired) electrons. The van der Waals surface area contributed by atoms with Gasteiger partial charge in [-0.1, -0.05) is 48.0 Å². The van der Waals surface area contributed by atoms with Gasteiger partial charge in [0.15, 0.2) is 0 Å². The van der Waals surface area contributed by atoms with Crippen molar-refractivity contribution >= 4 is 23.7 Å². The molecule has 0 bridgehead atoms. The van der Waals surface area contributed by atoms with Crippen molar-refractivity contribution in [3.63, 3.8) is 0 Å². The average molecular weight is 401 g/mol. The van der Waals surface area contributed by atoms with E-state index in [0.717, 1.165) is 0 Å². The van der Waals surface area contributed by atoms with Crippen molar-refractivity contribution in [2.24, 2.45) is 23.5 Å². The molecule has 9 nitrogen and oxygen atoms in total. The van der Waals surface area contributed by atoms with Crippen molar-refractivity contribution in [3.05, 3.63) is 0 Å². The number of nitrogens with two attached hydrogens (primary N) is 1. The number of hydrogen-bond donors (Lipinski definition) is 5. The zero-order valence-corrected chi connectivity index (χ0v) is 17.9. The van der Waals surface area contributed by atoms with Gasteiger partial charge in [-0.2, -0.15) is 0 Å². The second-order valence-electron chi connectivity index (χ2n) is 7.96. The van der Waals surface area contributed by atoms with E-state index in [-0.39, 0.29) is 17.8 Å². The van der Waals surface area contributed by atoms with Crippen LogP contribution in [-0.2, 0) is 19.2 Å². The quantitative estimate of drug-likeness (QED) is 0.335. The van der Waals surface area contributed by atoms with Crippen molar-refractivity contribution < 1.29 is 24.3 Å². The van der Waals surface area contributed by atoms with Gasteiger partial charge in [0.25, 0.3) is 0 Å². The molecule has 0 aliphatic carbocycles. The number of amides is 3. The van der Waals surface area contributed by atoms with Crippen LogP contribution in [0.5, 0.6) is 0 Å². The fraction of sp³-hybridized carbons (Fsp3) is 0.789. The lowest BCUT2D eigenvalue weighted by Crippen LogP contribution is -2.60. The predicted octanol–water partition coefficient (Wildman–Crippen LogP) is 0.231. The number of carbonyl (C=O) groups excluding carboxylic acids is 3. The largest absolute Gasteiger partial charge is 0.480 e. The van der Waals surface area contributed by atoms with Crippen molar-refractivity contribution in [3.8, 4) is 0 Å². The van der Waals surface area contributed by atoms with E-state index in [2.05, 4.69) is 16.0 Å².